The zero-order valence-corrected chi connectivity index (χ0v) is 17.6. The molecule has 0 saturated carbocycles. The van der Waals surface area contributed by atoms with Crippen LogP contribution in [0.15, 0.2) is 48.5 Å². The first kappa shape index (κ1) is 21.6. The Balaban J connectivity index is 2.02. The van der Waals surface area contributed by atoms with Crippen molar-refractivity contribution in [1.82, 2.24) is 10.2 Å². The van der Waals surface area contributed by atoms with Crippen molar-refractivity contribution in [3.63, 3.8) is 0 Å². The molecule has 0 aliphatic heterocycles. The number of carbonyl (C=O) groups is 2. The highest BCUT2D eigenvalue weighted by molar-refractivity contribution is 7.99. The molecule has 0 heterocycles. The number of carbonyl (C=O) groups excluding carboxylic acids is 2. The summed E-state index contributed by atoms with van der Waals surface area (Å²) in [7, 11) is 1.57. The maximum atomic E-state index is 12.8. The lowest BCUT2D eigenvalue weighted by Crippen LogP contribution is -2.47. The van der Waals surface area contributed by atoms with E-state index in [0.29, 0.717) is 22.3 Å². The van der Waals surface area contributed by atoms with Gasteiger partial charge in [-0.2, -0.15) is 0 Å². The Labute approximate surface area is 174 Å². The molecule has 0 saturated heterocycles. The molecule has 2 amide bonds. The number of nitrogens with zero attached hydrogens (tertiary/aromatic N) is 1. The molecule has 2 aromatic carbocycles. The predicted molar refractivity (Wildman–Crippen MR) is 113 cm³/mol. The Hall–Kier alpha value is -1.69. The maximum Gasteiger partial charge on any atom is 0.242 e. The summed E-state index contributed by atoms with van der Waals surface area (Å²) < 4.78 is 0. The minimum Gasteiger partial charge on any atom is -0.357 e. The van der Waals surface area contributed by atoms with Gasteiger partial charge < -0.3 is 10.2 Å². The summed E-state index contributed by atoms with van der Waals surface area (Å²) >= 11 is 13.3. The molecule has 144 valence electrons. The van der Waals surface area contributed by atoms with E-state index in [1.807, 2.05) is 36.4 Å². The highest BCUT2D eigenvalue weighted by Gasteiger charge is 2.25. The van der Waals surface area contributed by atoms with Gasteiger partial charge in [0.2, 0.25) is 11.8 Å². The maximum absolute atomic E-state index is 12.8. The first-order chi connectivity index (χ1) is 12.9. The minimum atomic E-state index is -0.561. The summed E-state index contributed by atoms with van der Waals surface area (Å²) in [6.45, 7) is 2.09. The number of likely N-dealkylation sites (N-methyl/N-ethyl adjacent to an activating group) is 1. The highest BCUT2D eigenvalue weighted by Crippen LogP contribution is 2.18. The van der Waals surface area contributed by atoms with E-state index in [1.165, 1.54) is 11.8 Å². The first-order valence-corrected chi connectivity index (χ1v) is 10.4. The third-order valence-corrected chi connectivity index (χ3v) is 5.58. The van der Waals surface area contributed by atoms with Gasteiger partial charge in [0, 0.05) is 29.4 Å². The molecule has 2 aromatic rings. The van der Waals surface area contributed by atoms with Gasteiger partial charge in [-0.1, -0.05) is 47.5 Å². The quantitative estimate of drug-likeness (QED) is 0.683. The average Bonchev–Trinajstić information content (AvgIpc) is 2.67. The zero-order valence-electron chi connectivity index (χ0n) is 15.2. The lowest BCUT2D eigenvalue weighted by Gasteiger charge is -2.28. The van der Waals surface area contributed by atoms with Crippen LogP contribution in [0.2, 0.25) is 10.0 Å². The molecule has 1 atom stereocenters. The summed E-state index contributed by atoms with van der Waals surface area (Å²) in [6.07, 6.45) is 0. The van der Waals surface area contributed by atoms with Crippen molar-refractivity contribution in [2.75, 3.05) is 12.8 Å². The number of nitrogens with one attached hydrogen (secondary N) is 1. The Morgan fingerprint density at radius 2 is 1.52 bits per heavy atom. The Morgan fingerprint density at radius 1 is 1.00 bits per heavy atom. The van der Waals surface area contributed by atoms with Gasteiger partial charge in [-0.05, 0) is 42.3 Å². The predicted octanol–water partition coefficient (Wildman–Crippen LogP) is 4.39. The molecular weight excluding hydrogens is 403 g/mol. The van der Waals surface area contributed by atoms with Crippen molar-refractivity contribution in [2.24, 2.45) is 0 Å². The standard InChI is InChI=1S/C20H22Cl2N2O2S/c1-14(20(26)23-2)24(11-15-3-7-17(21)8-4-15)19(25)13-27-12-16-5-9-18(22)10-6-16/h3-10,14H,11-13H2,1-2H3,(H,23,26). The molecule has 0 bridgehead atoms. The van der Waals surface area contributed by atoms with Crippen molar-refractivity contribution in [2.45, 2.75) is 25.3 Å². The van der Waals surface area contributed by atoms with E-state index in [2.05, 4.69) is 5.32 Å². The second kappa shape index (κ2) is 10.6. The third kappa shape index (κ3) is 6.76. The van der Waals surface area contributed by atoms with E-state index >= 15 is 0 Å². The number of amides is 2. The summed E-state index contributed by atoms with van der Waals surface area (Å²) in [5, 5.41) is 3.93. The largest absolute Gasteiger partial charge is 0.357 e. The van der Waals surface area contributed by atoms with Gasteiger partial charge in [0.1, 0.15) is 6.04 Å². The zero-order chi connectivity index (χ0) is 19.8. The molecule has 0 fully saturated rings. The normalized spacial score (nSPS) is 11.7. The lowest BCUT2D eigenvalue weighted by atomic mass is 10.1. The van der Waals surface area contributed by atoms with Crippen LogP contribution >= 0.6 is 35.0 Å². The van der Waals surface area contributed by atoms with E-state index in [4.69, 9.17) is 23.2 Å². The molecule has 0 aromatic heterocycles. The van der Waals surface area contributed by atoms with Gasteiger partial charge >= 0.3 is 0 Å². The Morgan fingerprint density at radius 3 is 2.04 bits per heavy atom. The summed E-state index contributed by atoms with van der Waals surface area (Å²) in [5.41, 5.74) is 2.02. The fraction of sp³-hybridized carbons (Fsp3) is 0.300. The summed E-state index contributed by atoms with van der Waals surface area (Å²) in [5.74, 6) is 0.712. The number of thioether (sulfide) groups is 1. The summed E-state index contributed by atoms with van der Waals surface area (Å²) in [4.78, 5) is 26.5. The number of hydrogen-bond donors (Lipinski definition) is 1. The topological polar surface area (TPSA) is 49.4 Å². The van der Waals surface area contributed by atoms with Crippen LogP contribution in [0.3, 0.4) is 0 Å². The molecule has 1 unspecified atom stereocenters. The number of hydrogen-bond acceptors (Lipinski definition) is 3. The van der Waals surface area contributed by atoms with Crippen LogP contribution in [0.1, 0.15) is 18.1 Å². The smallest absolute Gasteiger partial charge is 0.242 e. The minimum absolute atomic E-state index is 0.0833. The molecule has 0 aliphatic rings. The van der Waals surface area contributed by atoms with Crippen LogP contribution in [0.25, 0.3) is 0 Å². The molecule has 4 nitrogen and oxygen atoms in total. The van der Waals surface area contributed by atoms with Gasteiger partial charge in [-0.3, -0.25) is 9.59 Å². The lowest BCUT2D eigenvalue weighted by molar-refractivity contribution is -0.138. The average molecular weight is 425 g/mol. The number of benzene rings is 2. The number of halogens is 2. The third-order valence-electron chi connectivity index (χ3n) is 4.09. The van der Waals surface area contributed by atoms with Crippen molar-refractivity contribution in [3.05, 3.63) is 69.7 Å². The molecule has 0 aliphatic carbocycles. The fourth-order valence-corrected chi connectivity index (χ4v) is 3.62. The van der Waals surface area contributed by atoms with Crippen LogP contribution in [0, 0.1) is 0 Å². The van der Waals surface area contributed by atoms with E-state index in [-0.39, 0.29) is 17.6 Å². The van der Waals surface area contributed by atoms with E-state index in [0.717, 1.165) is 11.1 Å². The molecule has 27 heavy (non-hydrogen) atoms. The van der Waals surface area contributed by atoms with E-state index in [9.17, 15) is 9.59 Å². The SMILES string of the molecule is CNC(=O)C(C)N(Cc1ccc(Cl)cc1)C(=O)CSCc1ccc(Cl)cc1. The fourth-order valence-electron chi connectivity index (χ4n) is 2.50. The number of rotatable bonds is 8. The molecular formula is C20H22Cl2N2O2S. The van der Waals surface area contributed by atoms with Crippen LogP contribution in [0.4, 0.5) is 0 Å². The molecule has 0 radical (unpaired) electrons. The van der Waals surface area contributed by atoms with E-state index < -0.39 is 6.04 Å². The Kier molecular flexibility index (Phi) is 8.48. The van der Waals surface area contributed by atoms with Gasteiger partial charge in [0.15, 0.2) is 0 Å². The van der Waals surface area contributed by atoms with Gasteiger partial charge in [0.05, 0.1) is 5.75 Å². The second-order valence-corrected chi connectivity index (χ2v) is 7.92. The monoisotopic (exact) mass is 424 g/mol. The van der Waals surface area contributed by atoms with Crippen molar-refractivity contribution >= 4 is 46.8 Å². The van der Waals surface area contributed by atoms with Crippen LogP contribution < -0.4 is 5.32 Å². The van der Waals surface area contributed by atoms with Crippen molar-refractivity contribution in [1.29, 1.82) is 0 Å². The van der Waals surface area contributed by atoms with Crippen LogP contribution in [-0.2, 0) is 21.9 Å². The molecule has 7 heteroatoms. The van der Waals surface area contributed by atoms with Gasteiger partial charge in [-0.15, -0.1) is 11.8 Å². The van der Waals surface area contributed by atoms with Crippen LogP contribution in [-0.4, -0.2) is 35.6 Å². The molecule has 0 spiro atoms. The van der Waals surface area contributed by atoms with Crippen molar-refractivity contribution in [3.8, 4) is 0 Å². The molecule has 2 rings (SSSR count). The molecule has 1 N–H and O–H groups in total. The highest BCUT2D eigenvalue weighted by atomic mass is 35.5. The van der Waals surface area contributed by atoms with Crippen LogP contribution in [0.5, 0.6) is 0 Å². The van der Waals surface area contributed by atoms with Gasteiger partial charge in [-0.25, -0.2) is 0 Å². The van der Waals surface area contributed by atoms with E-state index in [1.54, 1.807) is 31.0 Å². The van der Waals surface area contributed by atoms with Gasteiger partial charge in [0.25, 0.3) is 0 Å². The first-order valence-electron chi connectivity index (χ1n) is 8.48. The Bertz CT molecular complexity index is 767. The van der Waals surface area contributed by atoms with Crippen molar-refractivity contribution < 1.29 is 9.59 Å². The summed E-state index contributed by atoms with van der Waals surface area (Å²) in [6, 6.07) is 14.3. The second-order valence-electron chi connectivity index (χ2n) is 6.06.